The van der Waals surface area contributed by atoms with Gasteiger partial charge in [-0.25, -0.2) is 4.39 Å². The SMILES string of the molecule is COc1cccc(CSc2nnc(C(C)N(C)C)n2-c2ccc(F)cc2)c1. The third kappa shape index (κ3) is 4.48. The number of thioether (sulfide) groups is 1. The Hall–Kier alpha value is -2.38. The lowest BCUT2D eigenvalue weighted by Crippen LogP contribution is -2.20. The zero-order valence-corrected chi connectivity index (χ0v) is 16.7. The molecular formula is C20H23FN4OS. The van der Waals surface area contributed by atoms with Crippen molar-refractivity contribution in [2.24, 2.45) is 0 Å². The number of rotatable bonds is 7. The van der Waals surface area contributed by atoms with Crippen molar-refractivity contribution in [1.82, 2.24) is 19.7 Å². The van der Waals surface area contributed by atoms with Gasteiger partial charge in [-0.3, -0.25) is 9.47 Å². The molecule has 0 aliphatic carbocycles. The van der Waals surface area contributed by atoms with E-state index in [1.807, 2.05) is 36.9 Å². The maximum absolute atomic E-state index is 13.4. The zero-order chi connectivity index (χ0) is 19.4. The Morgan fingerprint density at radius 3 is 2.56 bits per heavy atom. The molecule has 0 amide bonds. The summed E-state index contributed by atoms with van der Waals surface area (Å²) in [5, 5.41) is 9.59. The van der Waals surface area contributed by atoms with Crippen LogP contribution in [0, 0.1) is 5.82 Å². The second-order valence-corrected chi connectivity index (χ2v) is 7.37. The predicted octanol–water partition coefficient (Wildman–Crippen LogP) is 4.33. The van der Waals surface area contributed by atoms with Crippen molar-refractivity contribution in [3.8, 4) is 11.4 Å². The van der Waals surface area contributed by atoms with Gasteiger partial charge in [0.1, 0.15) is 11.6 Å². The van der Waals surface area contributed by atoms with E-state index in [0.29, 0.717) is 0 Å². The topological polar surface area (TPSA) is 43.2 Å². The summed E-state index contributed by atoms with van der Waals surface area (Å²) in [6, 6.07) is 14.4. The lowest BCUT2D eigenvalue weighted by Gasteiger charge is -2.20. The molecule has 3 rings (SSSR count). The summed E-state index contributed by atoms with van der Waals surface area (Å²) in [5.41, 5.74) is 1.98. The Bertz CT molecular complexity index is 895. The van der Waals surface area contributed by atoms with Gasteiger partial charge in [0.05, 0.1) is 13.2 Å². The average molecular weight is 386 g/mol. The van der Waals surface area contributed by atoms with Crippen molar-refractivity contribution in [3.05, 3.63) is 65.7 Å². The summed E-state index contributed by atoms with van der Waals surface area (Å²) < 4.78 is 20.7. The molecule has 1 unspecified atom stereocenters. The minimum atomic E-state index is -0.264. The monoisotopic (exact) mass is 386 g/mol. The Morgan fingerprint density at radius 2 is 1.89 bits per heavy atom. The fourth-order valence-electron chi connectivity index (χ4n) is 2.62. The number of ether oxygens (including phenoxy) is 1. The van der Waals surface area contributed by atoms with Gasteiger partial charge in [-0.1, -0.05) is 23.9 Å². The van der Waals surface area contributed by atoms with Gasteiger partial charge in [0, 0.05) is 11.4 Å². The number of benzene rings is 2. The van der Waals surface area contributed by atoms with Gasteiger partial charge < -0.3 is 4.74 Å². The van der Waals surface area contributed by atoms with Crippen LogP contribution in [0.5, 0.6) is 5.75 Å². The van der Waals surface area contributed by atoms with E-state index in [-0.39, 0.29) is 11.9 Å². The van der Waals surface area contributed by atoms with Crippen LogP contribution in [0.4, 0.5) is 4.39 Å². The van der Waals surface area contributed by atoms with Gasteiger partial charge in [0.2, 0.25) is 0 Å². The third-order valence-electron chi connectivity index (χ3n) is 4.39. The molecule has 0 radical (unpaired) electrons. The van der Waals surface area contributed by atoms with Crippen LogP contribution < -0.4 is 4.74 Å². The van der Waals surface area contributed by atoms with E-state index in [2.05, 4.69) is 28.1 Å². The second kappa shape index (κ2) is 8.54. The van der Waals surface area contributed by atoms with E-state index in [1.165, 1.54) is 12.1 Å². The van der Waals surface area contributed by atoms with E-state index >= 15 is 0 Å². The van der Waals surface area contributed by atoms with Gasteiger partial charge in [0.25, 0.3) is 0 Å². The highest BCUT2D eigenvalue weighted by atomic mass is 32.2. The Kier molecular flexibility index (Phi) is 6.13. The van der Waals surface area contributed by atoms with Crippen molar-refractivity contribution in [2.75, 3.05) is 21.2 Å². The first-order valence-corrected chi connectivity index (χ1v) is 9.61. The molecule has 7 heteroatoms. The fourth-order valence-corrected chi connectivity index (χ4v) is 3.52. The summed E-state index contributed by atoms with van der Waals surface area (Å²) in [4.78, 5) is 2.07. The molecule has 1 aromatic heterocycles. The van der Waals surface area contributed by atoms with Crippen LogP contribution in [0.15, 0.2) is 53.7 Å². The molecule has 0 aliphatic rings. The molecule has 0 bridgehead atoms. The van der Waals surface area contributed by atoms with Crippen LogP contribution in [0.25, 0.3) is 5.69 Å². The molecule has 0 saturated heterocycles. The van der Waals surface area contributed by atoms with Crippen LogP contribution in [-0.2, 0) is 5.75 Å². The highest BCUT2D eigenvalue weighted by Gasteiger charge is 2.21. The molecule has 142 valence electrons. The summed E-state index contributed by atoms with van der Waals surface area (Å²) in [5.74, 6) is 2.11. The Balaban J connectivity index is 1.93. The van der Waals surface area contributed by atoms with Crippen molar-refractivity contribution in [3.63, 3.8) is 0 Å². The van der Waals surface area contributed by atoms with E-state index in [0.717, 1.165) is 33.7 Å². The molecule has 0 aliphatic heterocycles. The summed E-state index contributed by atoms with van der Waals surface area (Å²) in [6.45, 7) is 2.07. The van der Waals surface area contributed by atoms with E-state index in [1.54, 1.807) is 31.0 Å². The molecule has 27 heavy (non-hydrogen) atoms. The minimum absolute atomic E-state index is 0.0636. The lowest BCUT2D eigenvalue weighted by molar-refractivity contribution is 0.305. The molecule has 0 spiro atoms. The van der Waals surface area contributed by atoms with Crippen LogP contribution in [0.3, 0.4) is 0 Å². The zero-order valence-electron chi connectivity index (χ0n) is 15.9. The number of nitrogens with zero attached hydrogens (tertiary/aromatic N) is 4. The van der Waals surface area contributed by atoms with Gasteiger partial charge >= 0.3 is 0 Å². The predicted molar refractivity (Wildman–Crippen MR) is 106 cm³/mol. The minimum Gasteiger partial charge on any atom is -0.497 e. The number of aromatic nitrogens is 3. The first-order valence-electron chi connectivity index (χ1n) is 8.63. The lowest BCUT2D eigenvalue weighted by atomic mass is 10.2. The molecule has 0 N–H and O–H groups in total. The number of methoxy groups -OCH3 is 1. The van der Waals surface area contributed by atoms with Gasteiger partial charge in [0.15, 0.2) is 11.0 Å². The fraction of sp³-hybridized carbons (Fsp3) is 0.300. The van der Waals surface area contributed by atoms with Crippen LogP contribution >= 0.6 is 11.8 Å². The van der Waals surface area contributed by atoms with Crippen LogP contribution in [0.2, 0.25) is 0 Å². The quantitative estimate of drug-likeness (QED) is 0.566. The normalized spacial score (nSPS) is 12.4. The highest BCUT2D eigenvalue weighted by molar-refractivity contribution is 7.98. The number of halogens is 1. The summed E-state index contributed by atoms with van der Waals surface area (Å²) in [6.07, 6.45) is 0. The molecular weight excluding hydrogens is 363 g/mol. The molecule has 0 saturated carbocycles. The second-order valence-electron chi connectivity index (χ2n) is 6.43. The molecule has 1 atom stereocenters. The molecule has 3 aromatic rings. The summed E-state index contributed by atoms with van der Waals surface area (Å²) >= 11 is 1.59. The average Bonchev–Trinajstić information content (AvgIpc) is 3.10. The maximum atomic E-state index is 13.4. The molecule has 2 aromatic carbocycles. The van der Waals surface area contributed by atoms with Crippen LogP contribution in [0.1, 0.15) is 24.4 Å². The van der Waals surface area contributed by atoms with Crippen molar-refractivity contribution < 1.29 is 9.13 Å². The molecule has 0 fully saturated rings. The van der Waals surface area contributed by atoms with Crippen molar-refractivity contribution in [1.29, 1.82) is 0 Å². The first-order chi connectivity index (χ1) is 13.0. The maximum Gasteiger partial charge on any atom is 0.196 e. The Labute approximate surface area is 163 Å². The molecule has 1 heterocycles. The first kappa shape index (κ1) is 19.4. The Morgan fingerprint density at radius 1 is 1.15 bits per heavy atom. The van der Waals surface area contributed by atoms with Crippen molar-refractivity contribution >= 4 is 11.8 Å². The number of hydrogen-bond acceptors (Lipinski definition) is 5. The van der Waals surface area contributed by atoms with Gasteiger partial charge in [-0.15, -0.1) is 10.2 Å². The van der Waals surface area contributed by atoms with Gasteiger partial charge in [-0.05, 0) is 63.0 Å². The van der Waals surface area contributed by atoms with Gasteiger partial charge in [-0.2, -0.15) is 0 Å². The van der Waals surface area contributed by atoms with E-state index in [9.17, 15) is 4.39 Å². The largest absolute Gasteiger partial charge is 0.497 e. The van der Waals surface area contributed by atoms with Crippen LogP contribution in [-0.4, -0.2) is 40.9 Å². The summed E-state index contributed by atoms with van der Waals surface area (Å²) in [7, 11) is 5.65. The third-order valence-corrected chi connectivity index (χ3v) is 5.39. The number of hydrogen-bond donors (Lipinski definition) is 0. The highest BCUT2D eigenvalue weighted by Crippen LogP contribution is 2.29. The van der Waals surface area contributed by atoms with E-state index < -0.39 is 0 Å². The molecule has 5 nitrogen and oxygen atoms in total. The standard InChI is InChI=1S/C20H23FN4OS/c1-14(24(2)3)19-22-23-20(25(19)17-10-8-16(21)9-11-17)27-13-15-6-5-7-18(12-15)26-4/h5-12,14H,13H2,1-4H3. The smallest absolute Gasteiger partial charge is 0.196 e. The van der Waals surface area contributed by atoms with E-state index in [4.69, 9.17) is 4.74 Å². The van der Waals surface area contributed by atoms with Crippen molar-refractivity contribution in [2.45, 2.75) is 23.9 Å².